The van der Waals surface area contributed by atoms with Gasteiger partial charge in [0, 0.05) is 13.0 Å². The van der Waals surface area contributed by atoms with E-state index in [1.54, 1.807) is 12.1 Å². The lowest BCUT2D eigenvalue weighted by atomic mass is 10.0. The molecule has 0 aromatic heterocycles. The fourth-order valence-corrected chi connectivity index (χ4v) is 1.92. The molecule has 0 fully saturated rings. The van der Waals surface area contributed by atoms with Crippen LogP contribution in [0.4, 0.5) is 4.39 Å². The van der Waals surface area contributed by atoms with Gasteiger partial charge in [0.15, 0.2) is 6.29 Å². The Balaban J connectivity index is 2.04. The summed E-state index contributed by atoms with van der Waals surface area (Å²) in [6, 6.07) is 5.76. The Morgan fingerprint density at radius 3 is 2.83 bits per heavy atom. The number of benzene rings is 1. The van der Waals surface area contributed by atoms with Crippen LogP contribution in [0, 0.1) is 5.82 Å². The molecule has 2 rings (SSSR count). The fraction of sp³-hybridized carbons (Fsp3) is 0.429. The van der Waals surface area contributed by atoms with E-state index >= 15 is 0 Å². The van der Waals surface area contributed by atoms with Gasteiger partial charge in [0.2, 0.25) is 0 Å². The maximum absolute atomic E-state index is 12.8. The summed E-state index contributed by atoms with van der Waals surface area (Å²) in [5.41, 5.74) is 0.628. The molecule has 0 saturated heterocycles. The Kier molecular flexibility index (Phi) is 4.47. The van der Waals surface area contributed by atoms with Crippen LogP contribution in [0.2, 0.25) is 0 Å². The van der Waals surface area contributed by atoms with Crippen molar-refractivity contribution in [3.8, 4) is 0 Å². The molecule has 1 aliphatic rings. The maximum atomic E-state index is 12.8. The summed E-state index contributed by atoms with van der Waals surface area (Å²) >= 11 is 0. The number of hydrogen-bond donors (Lipinski definition) is 1. The van der Waals surface area contributed by atoms with Gasteiger partial charge in [0.05, 0.1) is 0 Å². The molecule has 18 heavy (non-hydrogen) atoms. The minimum atomic E-state index is -0.815. The maximum Gasteiger partial charge on any atom is 0.161 e. The lowest BCUT2D eigenvalue weighted by Crippen LogP contribution is -2.30. The highest BCUT2D eigenvalue weighted by atomic mass is 19.1. The van der Waals surface area contributed by atoms with Crippen LogP contribution in [0.1, 0.15) is 25.0 Å². The summed E-state index contributed by atoms with van der Waals surface area (Å²) in [5, 5.41) is 10.2. The van der Waals surface area contributed by atoms with E-state index in [-0.39, 0.29) is 12.1 Å². The zero-order valence-electron chi connectivity index (χ0n) is 10.3. The van der Waals surface area contributed by atoms with E-state index in [1.165, 1.54) is 12.1 Å². The molecule has 4 heteroatoms. The van der Waals surface area contributed by atoms with Gasteiger partial charge in [-0.25, -0.2) is 4.39 Å². The highest BCUT2D eigenvalue weighted by Crippen LogP contribution is 2.25. The van der Waals surface area contributed by atoms with Gasteiger partial charge in [-0.1, -0.05) is 24.3 Å². The fourth-order valence-electron chi connectivity index (χ4n) is 1.92. The van der Waals surface area contributed by atoms with Gasteiger partial charge < -0.3 is 14.6 Å². The predicted octanol–water partition coefficient (Wildman–Crippen LogP) is 2.57. The summed E-state index contributed by atoms with van der Waals surface area (Å²) in [4.78, 5) is 0. The van der Waals surface area contributed by atoms with Crippen molar-refractivity contribution in [1.82, 2.24) is 0 Å². The molecule has 1 N–H and O–H groups in total. The topological polar surface area (TPSA) is 38.7 Å². The Labute approximate surface area is 106 Å². The molecule has 1 aromatic carbocycles. The van der Waals surface area contributed by atoms with Crippen molar-refractivity contribution in [2.75, 3.05) is 6.61 Å². The molecule has 3 atom stereocenters. The second-order valence-electron chi connectivity index (χ2n) is 4.15. The van der Waals surface area contributed by atoms with E-state index < -0.39 is 12.2 Å². The molecule has 98 valence electrons. The molecule has 0 unspecified atom stereocenters. The number of ether oxygens (including phenoxy) is 2. The molecule has 3 nitrogen and oxygen atoms in total. The average molecular weight is 252 g/mol. The molecule has 1 aliphatic heterocycles. The van der Waals surface area contributed by atoms with Crippen molar-refractivity contribution in [3.05, 3.63) is 47.8 Å². The number of aliphatic hydroxyl groups is 1. The first kappa shape index (κ1) is 13.2. The van der Waals surface area contributed by atoms with Crippen LogP contribution in [0.15, 0.2) is 36.4 Å². The molecule has 0 radical (unpaired) electrons. The largest absolute Gasteiger partial charge is 0.385 e. The van der Waals surface area contributed by atoms with Gasteiger partial charge in [-0.15, -0.1) is 0 Å². The van der Waals surface area contributed by atoms with Gasteiger partial charge in [-0.05, 0) is 24.6 Å². The molecule has 0 saturated carbocycles. The number of aliphatic hydroxyl groups excluding tert-OH is 1. The minimum absolute atomic E-state index is 0.319. The molecule has 0 aliphatic carbocycles. The Hall–Kier alpha value is -1.23. The first-order valence-electron chi connectivity index (χ1n) is 6.08. The quantitative estimate of drug-likeness (QED) is 0.837. The lowest BCUT2D eigenvalue weighted by molar-refractivity contribution is -0.181. The van der Waals surface area contributed by atoms with E-state index in [9.17, 15) is 9.50 Å². The van der Waals surface area contributed by atoms with Crippen molar-refractivity contribution in [2.45, 2.75) is 31.8 Å². The number of halogens is 1. The second kappa shape index (κ2) is 6.09. The highest BCUT2D eigenvalue weighted by molar-refractivity contribution is 5.21. The highest BCUT2D eigenvalue weighted by Gasteiger charge is 2.25. The summed E-state index contributed by atoms with van der Waals surface area (Å²) in [6.45, 7) is 2.46. The Morgan fingerprint density at radius 2 is 2.17 bits per heavy atom. The SMILES string of the molecule is CCO[C@@H]1CC=C[C@H]([C@H](O)c2ccc(F)cc2)O1. The van der Waals surface area contributed by atoms with Crippen LogP contribution in [-0.4, -0.2) is 24.1 Å². The number of hydrogen-bond acceptors (Lipinski definition) is 3. The third kappa shape index (κ3) is 3.16. The Morgan fingerprint density at radius 1 is 1.44 bits per heavy atom. The van der Waals surface area contributed by atoms with Crippen LogP contribution in [0.3, 0.4) is 0 Å². The van der Waals surface area contributed by atoms with Crippen LogP contribution in [0.5, 0.6) is 0 Å². The van der Waals surface area contributed by atoms with Gasteiger partial charge in [-0.3, -0.25) is 0 Å². The summed E-state index contributed by atoms with van der Waals surface area (Å²) in [5.74, 6) is -0.321. The van der Waals surface area contributed by atoms with E-state index in [0.29, 0.717) is 18.6 Å². The molecular weight excluding hydrogens is 235 g/mol. The van der Waals surface area contributed by atoms with E-state index in [2.05, 4.69) is 0 Å². The molecule has 1 heterocycles. The first-order valence-corrected chi connectivity index (χ1v) is 6.08. The lowest BCUT2D eigenvalue weighted by Gasteiger charge is -2.29. The van der Waals surface area contributed by atoms with Crippen molar-refractivity contribution >= 4 is 0 Å². The zero-order chi connectivity index (χ0) is 13.0. The van der Waals surface area contributed by atoms with E-state index in [0.717, 1.165) is 0 Å². The minimum Gasteiger partial charge on any atom is -0.385 e. The van der Waals surface area contributed by atoms with Crippen LogP contribution in [-0.2, 0) is 9.47 Å². The molecule has 0 spiro atoms. The van der Waals surface area contributed by atoms with Gasteiger partial charge >= 0.3 is 0 Å². The first-order chi connectivity index (χ1) is 8.70. The van der Waals surface area contributed by atoms with E-state index in [4.69, 9.17) is 9.47 Å². The van der Waals surface area contributed by atoms with Crippen molar-refractivity contribution in [1.29, 1.82) is 0 Å². The van der Waals surface area contributed by atoms with Crippen LogP contribution >= 0.6 is 0 Å². The Bertz CT molecular complexity index is 402. The average Bonchev–Trinajstić information content (AvgIpc) is 2.39. The zero-order valence-corrected chi connectivity index (χ0v) is 10.3. The van der Waals surface area contributed by atoms with Gasteiger partial charge in [0.25, 0.3) is 0 Å². The molecule has 0 bridgehead atoms. The normalized spacial score (nSPS) is 25.1. The summed E-state index contributed by atoms with van der Waals surface area (Å²) in [7, 11) is 0. The van der Waals surface area contributed by atoms with Gasteiger partial charge in [-0.2, -0.15) is 0 Å². The monoisotopic (exact) mass is 252 g/mol. The molecule has 0 amide bonds. The summed E-state index contributed by atoms with van der Waals surface area (Å²) in [6.07, 6.45) is 2.83. The summed E-state index contributed by atoms with van der Waals surface area (Å²) < 4.78 is 23.8. The predicted molar refractivity (Wildman–Crippen MR) is 65.4 cm³/mol. The molecular formula is C14H17FO3. The van der Waals surface area contributed by atoms with Crippen molar-refractivity contribution < 1.29 is 19.0 Å². The van der Waals surface area contributed by atoms with Gasteiger partial charge in [0.1, 0.15) is 18.0 Å². The second-order valence-corrected chi connectivity index (χ2v) is 4.15. The van der Waals surface area contributed by atoms with Crippen molar-refractivity contribution in [3.63, 3.8) is 0 Å². The van der Waals surface area contributed by atoms with Crippen molar-refractivity contribution in [2.24, 2.45) is 0 Å². The third-order valence-corrected chi connectivity index (χ3v) is 2.84. The third-order valence-electron chi connectivity index (χ3n) is 2.84. The smallest absolute Gasteiger partial charge is 0.161 e. The standard InChI is InChI=1S/C14H17FO3/c1-2-17-13-5-3-4-12(18-13)14(16)10-6-8-11(15)9-7-10/h3-4,6-9,12-14,16H,2,5H2,1H3/t12-,13+,14-/m1/s1. The van der Waals surface area contributed by atoms with E-state index in [1.807, 2.05) is 19.1 Å². The molecule has 1 aromatic rings. The number of rotatable bonds is 4. The van der Waals surface area contributed by atoms with Crippen LogP contribution < -0.4 is 0 Å². The van der Waals surface area contributed by atoms with Crippen LogP contribution in [0.25, 0.3) is 0 Å².